The van der Waals surface area contributed by atoms with Crippen molar-refractivity contribution in [2.45, 2.75) is 11.3 Å². The lowest BCUT2D eigenvalue weighted by Gasteiger charge is -2.19. The molecule has 0 aliphatic heterocycles. The minimum absolute atomic E-state index is 0.0984. The van der Waals surface area contributed by atoms with Gasteiger partial charge in [0.15, 0.2) is 0 Å². The number of hydrogen-bond acceptors (Lipinski definition) is 4. The van der Waals surface area contributed by atoms with Crippen LogP contribution in [0.15, 0.2) is 83.8 Å². The molecule has 0 aliphatic carbocycles. The number of sulfonamides is 1. The molecule has 0 saturated heterocycles. The standard InChI is InChI=1S/C22H19N3O3S/c1-25(20-5-3-2-4-6-20)29(27,28)21-13-9-18(10-14-21)22(26)24-19-11-7-17(8-12-19)15-16-23/h2-14H,15H2,1H3,(H,24,26). The smallest absolute Gasteiger partial charge is 0.264 e. The van der Waals surface area contributed by atoms with Crippen molar-refractivity contribution in [3.8, 4) is 6.07 Å². The van der Waals surface area contributed by atoms with Gasteiger partial charge in [-0.25, -0.2) is 8.42 Å². The van der Waals surface area contributed by atoms with E-state index in [1.165, 1.54) is 35.6 Å². The Morgan fingerprint density at radius 1 is 0.966 bits per heavy atom. The third kappa shape index (κ3) is 4.62. The van der Waals surface area contributed by atoms with Gasteiger partial charge < -0.3 is 5.32 Å². The van der Waals surface area contributed by atoms with Gasteiger partial charge in [0.1, 0.15) is 0 Å². The average molecular weight is 405 g/mol. The number of anilines is 2. The van der Waals surface area contributed by atoms with Crippen LogP contribution in [0.25, 0.3) is 0 Å². The zero-order valence-electron chi connectivity index (χ0n) is 15.7. The van der Waals surface area contributed by atoms with E-state index in [2.05, 4.69) is 11.4 Å². The summed E-state index contributed by atoms with van der Waals surface area (Å²) in [4.78, 5) is 12.5. The monoisotopic (exact) mass is 405 g/mol. The average Bonchev–Trinajstić information content (AvgIpc) is 2.75. The third-order valence-electron chi connectivity index (χ3n) is 4.39. The number of hydrogen-bond donors (Lipinski definition) is 1. The van der Waals surface area contributed by atoms with E-state index in [9.17, 15) is 13.2 Å². The predicted octanol–water partition coefficient (Wildman–Crippen LogP) is 3.83. The highest BCUT2D eigenvalue weighted by Crippen LogP contribution is 2.22. The second kappa shape index (κ2) is 8.59. The van der Waals surface area contributed by atoms with Gasteiger partial charge in [-0.1, -0.05) is 30.3 Å². The summed E-state index contributed by atoms with van der Waals surface area (Å²) >= 11 is 0. The van der Waals surface area contributed by atoms with Crippen LogP contribution < -0.4 is 9.62 Å². The Kier molecular flexibility index (Phi) is 5.96. The molecule has 0 aliphatic rings. The van der Waals surface area contributed by atoms with E-state index >= 15 is 0 Å². The summed E-state index contributed by atoms with van der Waals surface area (Å²) in [6.45, 7) is 0. The van der Waals surface area contributed by atoms with Crippen LogP contribution in [-0.4, -0.2) is 21.4 Å². The molecule has 0 bridgehead atoms. The number of nitrogens with zero attached hydrogens (tertiary/aromatic N) is 2. The fraction of sp³-hybridized carbons (Fsp3) is 0.0909. The molecular formula is C22H19N3O3S. The van der Waals surface area contributed by atoms with Crippen LogP contribution >= 0.6 is 0 Å². The van der Waals surface area contributed by atoms with Gasteiger partial charge in [-0.3, -0.25) is 9.10 Å². The first-order chi connectivity index (χ1) is 13.9. The van der Waals surface area contributed by atoms with Crippen LogP contribution in [0.3, 0.4) is 0 Å². The normalized spacial score (nSPS) is 10.8. The quantitative estimate of drug-likeness (QED) is 0.675. The van der Waals surface area contributed by atoms with Gasteiger partial charge in [-0.2, -0.15) is 5.26 Å². The fourth-order valence-electron chi connectivity index (χ4n) is 2.71. The zero-order chi connectivity index (χ0) is 20.9. The molecule has 1 N–H and O–H groups in total. The van der Waals surface area contributed by atoms with Crippen molar-refractivity contribution in [1.29, 1.82) is 5.26 Å². The first-order valence-corrected chi connectivity index (χ1v) is 10.3. The van der Waals surface area contributed by atoms with E-state index < -0.39 is 10.0 Å². The van der Waals surface area contributed by atoms with E-state index in [0.717, 1.165) is 5.56 Å². The minimum atomic E-state index is -3.73. The number of rotatable bonds is 6. The van der Waals surface area contributed by atoms with Crippen molar-refractivity contribution in [2.24, 2.45) is 0 Å². The highest BCUT2D eigenvalue weighted by molar-refractivity contribution is 7.92. The number of nitriles is 1. The van der Waals surface area contributed by atoms with Crippen LogP contribution in [0.5, 0.6) is 0 Å². The lowest BCUT2D eigenvalue weighted by Crippen LogP contribution is -2.26. The zero-order valence-corrected chi connectivity index (χ0v) is 16.6. The van der Waals surface area contributed by atoms with E-state index in [1.807, 2.05) is 6.07 Å². The molecule has 3 aromatic carbocycles. The Hall–Kier alpha value is -3.63. The molecule has 3 aromatic rings. The summed E-state index contributed by atoms with van der Waals surface area (Å²) in [5, 5.41) is 11.4. The van der Waals surface area contributed by atoms with Crippen LogP contribution in [0.2, 0.25) is 0 Å². The number of benzene rings is 3. The molecular weight excluding hydrogens is 386 g/mol. The molecule has 6 nitrogen and oxygen atoms in total. The van der Waals surface area contributed by atoms with Crippen molar-refractivity contribution >= 4 is 27.3 Å². The summed E-state index contributed by atoms with van der Waals surface area (Å²) in [6, 6.07) is 23.6. The summed E-state index contributed by atoms with van der Waals surface area (Å²) in [7, 11) is -2.24. The third-order valence-corrected chi connectivity index (χ3v) is 6.19. The summed E-state index contributed by atoms with van der Waals surface area (Å²) in [6.07, 6.45) is 0.307. The maximum absolute atomic E-state index is 12.8. The van der Waals surface area contributed by atoms with E-state index in [1.54, 1.807) is 48.5 Å². The summed E-state index contributed by atoms with van der Waals surface area (Å²) in [5.74, 6) is -0.349. The first kappa shape index (κ1) is 20.1. The van der Waals surface area contributed by atoms with Crippen LogP contribution in [-0.2, 0) is 16.4 Å². The summed E-state index contributed by atoms with van der Waals surface area (Å²) in [5.41, 5.74) is 2.35. The van der Waals surface area contributed by atoms with Crippen molar-refractivity contribution in [3.63, 3.8) is 0 Å². The fourth-order valence-corrected chi connectivity index (χ4v) is 3.91. The topological polar surface area (TPSA) is 90.3 Å². The van der Waals surface area contributed by atoms with E-state index in [4.69, 9.17) is 5.26 Å². The van der Waals surface area contributed by atoms with Crippen LogP contribution in [0.1, 0.15) is 15.9 Å². The molecule has 29 heavy (non-hydrogen) atoms. The van der Waals surface area contributed by atoms with Crippen LogP contribution in [0.4, 0.5) is 11.4 Å². The Bertz CT molecular complexity index is 1130. The van der Waals surface area contributed by atoms with Gasteiger partial charge in [0.05, 0.1) is 23.1 Å². The maximum atomic E-state index is 12.8. The largest absolute Gasteiger partial charge is 0.322 e. The SMILES string of the molecule is CN(c1ccccc1)S(=O)(=O)c1ccc(C(=O)Nc2ccc(CC#N)cc2)cc1. The number of amides is 1. The first-order valence-electron chi connectivity index (χ1n) is 8.83. The van der Waals surface area contributed by atoms with Crippen molar-refractivity contribution in [3.05, 3.63) is 90.0 Å². The molecule has 0 heterocycles. The molecule has 0 fully saturated rings. The van der Waals surface area contributed by atoms with Gasteiger partial charge in [-0.15, -0.1) is 0 Å². The van der Waals surface area contributed by atoms with Crippen molar-refractivity contribution in [2.75, 3.05) is 16.7 Å². The van der Waals surface area contributed by atoms with Gasteiger partial charge in [-0.05, 0) is 54.1 Å². The maximum Gasteiger partial charge on any atom is 0.264 e. The second-order valence-electron chi connectivity index (χ2n) is 6.32. The number of carbonyl (C=O) groups is 1. The molecule has 0 aromatic heterocycles. The lowest BCUT2D eigenvalue weighted by atomic mass is 10.1. The Balaban J connectivity index is 1.74. The van der Waals surface area contributed by atoms with Crippen molar-refractivity contribution in [1.82, 2.24) is 0 Å². The Labute approximate surface area is 170 Å². The van der Waals surface area contributed by atoms with Crippen molar-refractivity contribution < 1.29 is 13.2 Å². The van der Waals surface area contributed by atoms with Gasteiger partial charge >= 0.3 is 0 Å². The number of nitrogens with one attached hydrogen (secondary N) is 1. The van der Waals surface area contributed by atoms with E-state index in [0.29, 0.717) is 23.4 Å². The molecule has 0 spiro atoms. The van der Waals surface area contributed by atoms with Crippen LogP contribution in [0, 0.1) is 11.3 Å². The lowest BCUT2D eigenvalue weighted by molar-refractivity contribution is 0.102. The number of carbonyl (C=O) groups excluding carboxylic acids is 1. The Morgan fingerprint density at radius 3 is 2.17 bits per heavy atom. The summed E-state index contributed by atoms with van der Waals surface area (Å²) < 4.78 is 26.8. The molecule has 146 valence electrons. The molecule has 0 atom stereocenters. The molecule has 7 heteroatoms. The molecule has 0 saturated carbocycles. The second-order valence-corrected chi connectivity index (χ2v) is 8.29. The highest BCUT2D eigenvalue weighted by Gasteiger charge is 2.21. The minimum Gasteiger partial charge on any atom is -0.322 e. The Morgan fingerprint density at radius 2 is 1.59 bits per heavy atom. The van der Waals surface area contributed by atoms with Gasteiger partial charge in [0.25, 0.3) is 15.9 Å². The highest BCUT2D eigenvalue weighted by atomic mass is 32.2. The van der Waals surface area contributed by atoms with Gasteiger partial charge in [0.2, 0.25) is 0 Å². The molecule has 1 amide bonds. The molecule has 0 radical (unpaired) electrons. The predicted molar refractivity (Wildman–Crippen MR) is 112 cm³/mol. The molecule has 3 rings (SSSR count). The number of para-hydroxylation sites is 1. The van der Waals surface area contributed by atoms with Gasteiger partial charge in [0, 0.05) is 18.3 Å². The van der Waals surface area contributed by atoms with E-state index in [-0.39, 0.29) is 10.8 Å². The molecule has 0 unspecified atom stereocenters.